The summed E-state index contributed by atoms with van der Waals surface area (Å²) in [4.78, 5) is 25.0. The number of ether oxygens (including phenoxy) is 1. The summed E-state index contributed by atoms with van der Waals surface area (Å²) < 4.78 is 32.5. The fourth-order valence-corrected chi connectivity index (χ4v) is 4.48. The molecule has 0 radical (unpaired) electrons. The molecule has 0 aromatic heterocycles. The van der Waals surface area contributed by atoms with Gasteiger partial charge in [0, 0.05) is 5.56 Å². The number of fused-ring (bicyclic) bond motifs is 1. The van der Waals surface area contributed by atoms with E-state index in [1.54, 1.807) is 42.5 Å². The number of hydrazone groups is 1. The van der Waals surface area contributed by atoms with E-state index >= 15 is 0 Å². The minimum Gasteiger partial charge on any atom is -0.422 e. The van der Waals surface area contributed by atoms with Gasteiger partial charge in [0.05, 0.1) is 23.2 Å². The number of amides is 1. The van der Waals surface area contributed by atoms with Gasteiger partial charge in [0.25, 0.3) is 5.91 Å². The van der Waals surface area contributed by atoms with E-state index in [0.29, 0.717) is 11.1 Å². The summed E-state index contributed by atoms with van der Waals surface area (Å²) in [5, 5.41) is 5.61. The lowest BCUT2D eigenvalue weighted by Crippen LogP contribution is -2.34. The zero-order chi connectivity index (χ0) is 25.5. The van der Waals surface area contributed by atoms with E-state index in [1.807, 2.05) is 43.3 Å². The second-order valence-electron chi connectivity index (χ2n) is 7.89. The van der Waals surface area contributed by atoms with Gasteiger partial charge >= 0.3 is 5.97 Å². The van der Waals surface area contributed by atoms with E-state index in [2.05, 4.69) is 15.2 Å². The van der Waals surface area contributed by atoms with Gasteiger partial charge in [-0.1, -0.05) is 66.2 Å². The number of aryl methyl sites for hydroxylation is 1. The van der Waals surface area contributed by atoms with Crippen molar-refractivity contribution in [3.8, 4) is 5.75 Å². The van der Waals surface area contributed by atoms with Crippen molar-refractivity contribution in [3.05, 3.63) is 108 Å². The molecule has 0 bridgehead atoms. The molecule has 0 aliphatic rings. The van der Waals surface area contributed by atoms with Crippen LogP contribution >= 0.6 is 0 Å². The van der Waals surface area contributed by atoms with Gasteiger partial charge in [-0.25, -0.2) is 23.4 Å². The van der Waals surface area contributed by atoms with Crippen LogP contribution in [0.1, 0.15) is 21.5 Å². The highest BCUT2D eigenvalue weighted by molar-refractivity contribution is 7.89. The topological polar surface area (TPSA) is 114 Å². The molecule has 182 valence electrons. The van der Waals surface area contributed by atoms with Crippen LogP contribution in [0.15, 0.2) is 101 Å². The van der Waals surface area contributed by atoms with E-state index in [4.69, 9.17) is 4.74 Å². The normalized spacial score (nSPS) is 11.5. The number of hydrogen-bond donors (Lipinski definition) is 2. The van der Waals surface area contributed by atoms with Crippen LogP contribution in [-0.2, 0) is 14.8 Å². The van der Waals surface area contributed by atoms with Gasteiger partial charge in [0.15, 0.2) is 0 Å². The number of carbonyl (C=O) groups is 2. The summed E-state index contributed by atoms with van der Waals surface area (Å²) in [6.45, 7) is 1.38. The maximum atomic E-state index is 12.7. The van der Waals surface area contributed by atoms with Crippen LogP contribution < -0.4 is 14.9 Å². The largest absolute Gasteiger partial charge is 0.422 e. The number of nitrogens with one attached hydrogen (secondary N) is 2. The Labute approximate surface area is 208 Å². The molecule has 4 aromatic rings. The molecule has 4 rings (SSSR count). The maximum Gasteiger partial charge on any atom is 0.343 e. The van der Waals surface area contributed by atoms with Crippen LogP contribution in [0.5, 0.6) is 5.75 Å². The standard InChI is InChI=1S/C27H23N3O5S/c1-19-8-7-10-21(16-19)27(32)35-25-15-14-20-9-5-6-13-23(20)24(25)17-28-30-26(31)18-29-36(33,34)22-11-3-2-4-12-22/h2-17,29H,18H2,1H3,(H,30,31)/b28-17-. The number of rotatable bonds is 8. The zero-order valence-electron chi connectivity index (χ0n) is 19.3. The lowest BCUT2D eigenvalue weighted by molar-refractivity contribution is -0.119. The Morgan fingerprint density at radius 3 is 2.44 bits per heavy atom. The molecule has 0 saturated heterocycles. The Morgan fingerprint density at radius 1 is 0.917 bits per heavy atom. The lowest BCUT2D eigenvalue weighted by atomic mass is 10.0. The van der Waals surface area contributed by atoms with Gasteiger partial charge in [0.2, 0.25) is 10.0 Å². The average Bonchev–Trinajstić information content (AvgIpc) is 2.89. The highest BCUT2D eigenvalue weighted by atomic mass is 32.2. The molecule has 36 heavy (non-hydrogen) atoms. The fourth-order valence-electron chi connectivity index (χ4n) is 3.48. The van der Waals surface area contributed by atoms with Crippen molar-refractivity contribution in [2.45, 2.75) is 11.8 Å². The molecule has 8 nitrogen and oxygen atoms in total. The monoisotopic (exact) mass is 501 g/mol. The minimum absolute atomic E-state index is 0.0529. The molecule has 0 atom stereocenters. The number of sulfonamides is 1. The SMILES string of the molecule is Cc1cccc(C(=O)Oc2ccc3ccccc3c2/C=N\NC(=O)CNS(=O)(=O)c2ccccc2)c1. The number of benzene rings is 4. The third-order valence-electron chi connectivity index (χ3n) is 5.25. The van der Waals surface area contributed by atoms with Crippen molar-refractivity contribution in [2.24, 2.45) is 5.10 Å². The van der Waals surface area contributed by atoms with Crippen LogP contribution in [0.3, 0.4) is 0 Å². The van der Waals surface area contributed by atoms with Crippen molar-refractivity contribution < 1.29 is 22.7 Å². The van der Waals surface area contributed by atoms with Crippen LogP contribution in [0.4, 0.5) is 0 Å². The van der Waals surface area contributed by atoms with Gasteiger partial charge in [-0.2, -0.15) is 5.10 Å². The number of esters is 1. The van der Waals surface area contributed by atoms with Gasteiger partial charge < -0.3 is 4.74 Å². The Hall–Kier alpha value is -4.34. The quantitative estimate of drug-likeness (QED) is 0.165. The molecule has 4 aromatic carbocycles. The Bertz CT molecular complexity index is 1550. The van der Waals surface area contributed by atoms with Crippen molar-refractivity contribution in [2.75, 3.05) is 6.54 Å². The van der Waals surface area contributed by atoms with E-state index in [1.165, 1.54) is 18.3 Å². The Balaban J connectivity index is 1.50. The van der Waals surface area contributed by atoms with Crippen molar-refractivity contribution in [1.82, 2.24) is 10.1 Å². The predicted molar refractivity (Wildman–Crippen MR) is 137 cm³/mol. The molecule has 2 N–H and O–H groups in total. The average molecular weight is 502 g/mol. The van der Waals surface area contributed by atoms with Gasteiger partial charge in [-0.05, 0) is 48.0 Å². The first-order valence-corrected chi connectivity index (χ1v) is 12.5. The number of hydrogen-bond acceptors (Lipinski definition) is 6. The van der Waals surface area contributed by atoms with Crippen LogP contribution in [0.25, 0.3) is 10.8 Å². The fraction of sp³-hybridized carbons (Fsp3) is 0.0741. The minimum atomic E-state index is -3.83. The maximum absolute atomic E-state index is 12.7. The molecular formula is C27H23N3O5S. The molecule has 1 amide bonds. The summed E-state index contributed by atoms with van der Waals surface area (Å²) in [5.74, 6) is -0.921. The molecule has 0 unspecified atom stereocenters. The van der Waals surface area contributed by atoms with Crippen molar-refractivity contribution in [1.29, 1.82) is 0 Å². The van der Waals surface area contributed by atoms with E-state index in [9.17, 15) is 18.0 Å². The van der Waals surface area contributed by atoms with E-state index < -0.39 is 28.4 Å². The van der Waals surface area contributed by atoms with E-state index in [0.717, 1.165) is 16.3 Å². The first-order chi connectivity index (χ1) is 17.3. The number of nitrogens with zero attached hydrogens (tertiary/aromatic N) is 1. The first kappa shape index (κ1) is 24.8. The number of carbonyl (C=O) groups excluding carboxylic acids is 2. The molecule has 9 heteroatoms. The third-order valence-corrected chi connectivity index (χ3v) is 6.66. The summed E-state index contributed by atoms with van der Waals surface area (Å²) in [7, 11) is -3.83. The van der Waals surface area contributed by atoms with Gasteiger partial charge in [-0.15, -0.1) is 0 Å². The van der Waals surface area contributed by atoms with Crippen molar-refractivity contribution >= 4 is 38.9 Å². The molecule has 0 saturated carbocycles. The summed E-state index contributed by atoms with van der Waals surface area (Å²) in [5.41, 5.74) is 4.12. The highest BCUT2D eigenvalue weighted by Crippen LogP contribution is 2.27. The van der Waals surface area contributed by atoms with E-state index in [-0.39, 0.29) is 10.6 Å². The molecular weight excluding hydrogens is 478 g/mol. The van der Waals surface area contributed by atoms with Crippen LogP contribution in [-0.4, -0.2) is 33.1 Å². The molecule has 0 heterocycles. The highest BCUT2D eigenvalue weighted by Gasteiger charge is 2.16. The lowest BCUT2D eigenvalue weighted by Gasteiger charge is -2.11. The molecule has 0 aliphatic heterocycles. The van der Waals surface area contributed by atoms with Gasteiger partial charge in [0.1, 0.15) is 5.75 Å². The summed E-state index contributed by atoms with van der Waals surface area (Å²) in [6.07, 6.45) is 1.37. The second-order valence-corrected chi connectivity index (χ2v) is 9.66. The summed E-state index contributed by atoms with van der Waals surface area (Å²) in [6, 6.07) is 25.7. The Morgan fingerprint density at radius 2 is 1.67 bits per heavy atom. The smallest absolute Gasteiger partial charge is 0.343 e. The van der Waals surface area contributed by atoms with Gasteiger partial charge in [-0.3, -0.25) is 4.79 Å². The first-order valence-electron chi connectivity index (χ1n) is 11.0. The van der Waals surface area contributed by atoms with Crippen LogP contribution in [0.2, 0.25) is 0 Å². The third kappa shape index (κ3) is 6.01. The zero-order valence-corrected chi connectivity index (χ0v) is 20.2. The molecule has 0 spiro atoms. The van der Waals surface area contributed by atoms with Crippen molar-refractivity contribution in [3.63, 3.8) is 0 Å². The summed E-state index contributed by atoms with van der Waals surface area (Å²) >= 11 is 0. The Kier molecular flexibility index (Phi) is 7.53. The predicted octanol–water partition coefficient (Wildman–Crippen LogP) is 3.80. The molecule has 0 fully saturated rings. The molecule has 0 aliphatic carbocycles. The van der Waals surface area contributed by atoms with Crippen LogP contribution in [0, 0.1) is 6.92 Å². The second kappa shape index (κ2) is 10.9.